The first-order chi connectivity index (χ1) is 12.2. The predicted molar refractivity (Wildman–Crippen MR) is 93.9 cm³/mol. The highest BCUT2D eigenvalue weighted by Gasteiger charge is 2.16. The van der Waals surface area contributed by atoms with Crippen LogP contribution < -0.4 is 0 Å². The molecule has 2 rings (SSSR count). The van der Waals surface area contributed by atoms with Crippen LogP contribution in [0.2, 0.25) is 0 Å². The zero-order valence-electron chi connectivity index (χ0n) is 14.0. The highest BCUT2D eigenvalue weighted by molar-refractivity contribution is 6.16. The van der Waals surface area contributed by atoms with Crippen molar-refractivity contribution in [2.75, 3.05) is 14.2 Å². The highest BCUT2D eigenvalue weighted by Crippen LogP contribution is 2.21. The molecule has 25 heavy (non-hydrogen) atoms. The van der Waals surface area contributed by atoms with E-state index in [1.807, 2.05) is 12.1 Å². The molecule has 2 aromatic rings. The number of hydrogen-bond acceptors (Lipinski definition) is 6. The van der Waals surface area contributed by atoms with Crippen molar-refractivity contribution in [2.45, 2.75) is 6.61 Å². The second kappa shape index (κ2) is 9.12. The number of carbonyl (C=O) groups is 1. The van der Waals surface area contributed by atoms with Gasteiger partial charge in [0.25, 0.3) is 0 Å². The van der Waals surface area contributed by atoms with E-state index in [0.29, 0.717) is 16.7 Å². The summed E-state index contributed by atoms with van der Waals surface area (Å²) in [4.78, 5) is 17.3. The molecule has 0 aromatic heterocycles. The Morgan fingerprint density at radius 2 is 1.96 bits per heavy atom. The molecule has 0 radical (unpaired) electrons. The molecule has 6 nitrogen and oxygen atoms in total. The Balaban J connectivity index is 2.12. The zero-order chi connectivity index (χ0) is 18.1. The van der Waals surface area contributed by atoms with E-state index in [-0.39, 0.29) is 12.4 Å². The lowest BCUT2D eigenvalue weighted by atomic mass is 10.0. The van der Waals surface area contributed by atoms with Crippen LogP contribution in [0.4, 0.5) is 0 Å². The molecule has 0 heterocycles. The summed E-state index contributed by atoms with van der Waals surface area (Å²) < 4.78 is 9.76. The Hall–Kier alpha value is -3.28. The SMILES string of the molecule is COC=C(C(=O)OC)c1ccccc1CON=Cc1cccc(O)c1. The number of phenols is 1. The fourth-order valence-electron chi connectivity index (χ4n) is 2.17. The van der Waals surface area contributed by atoms with Gasteiger partial charge in [-0.05, 0) is 23.3 Å². The molecule has 2 aromatic carbocycles. The Morgan fingerprint density at radius 1 is 1.16 bits per heavy atom. The molecule has 0 saturated heterocycles. The van der Waals surface area contributed by atoms with Gasteiger partial charge in [-0.2, -0.15) is 0 Å². The topological polar surface area (TPSA) is 77.4 Å². The Bertz CT molecular complexity index is 783. The van der Waals surface area contributed by atoms with Crippen molar-refractivity contribution < 1.29 is 24.2 Å². The summed E-state index contributed by atoms with van der Waals surface area (Å²) in [7, 11) is 2.77. The molecule has 0 aliphatic heterocycles. The molecular weight excluding hydrogens is 322 g/mol. The number of benzene rings is 2. The summed E-state index contributed by atoms with van der Waals surface area (Å²) in [5.41, 5.74) is 2.40. The largest absolute Gasteiger partial charge is 0.508 e. The third-order valence-corrected chi connectivity index (χ3v) is 3.32. The molecule has 0 unspecified atom stereocenters. The number of ether oxygens (including phenoxy) is 2. The van der Waals surface area contributed by atoms with Crippen LogP contribution in [0.1, 0.15) is 16.7 Å². The maximum absolute atomic E-state index is 11.9. The van der Waals surface area contributed by atoms with Crippen LogP contribution >= 0.6 is 0 Å². The van der Waals surface area contributed by atoms with Crippen LogP contribution in [0.15, 0.2) is 59.9 Å². The first-order valence-electron chi connectivity index (χ1n) is 7.49. The summed E-state index contributed by atoms with van der Waals surface area (Å²) in [6.45, 7) is 0.156. The van der Waals surface area contributed by atoms with Crippen molar-refractivity contribution in [3.63, 3.8) is 0 Å². The third kappa shape index (κ3) is 5.10. The first kappa shape index (κ1) is 18.1. The van der Waals surface area contributed by atoms with Crippen molar-refractivity contribution in [1.29, 1.82) is 0 Å². The van der Waals surface area contributed by atoms with E-state index >= 15 is 0 Å². The fraction of sp³-hybridized carbons (Fsp3) is 0.158. The highest BCUT2D eigenvalue weighted by atomic mass is 16.6. The molecule has 0 amide bonds. The maximum Gasteiger partial charge on any atom is 0.341 e. The van der Waals surface area contributed by atoms with Crippen molar-refractivity contribution in [3.05, 3.63) is 71.5 Å². The number of aromatic hydroxyl groups is 1. The molecule has 1 N–H and O–H groups in total. The summed E-state index contributed by atoms with van der Waals surface area (Å²) >= 11 is 0. The van der Waals surface area contributed by atoms with Crippen LogP contribution in [0.25, 0.3) is 5.57 Å². The monoisotopic (exact) mass is 341 g/mol. The number of nitrogens with zero attached hydrogens (tertiary/aromatic N) is 1. The van der Waals surface area contributed by atoms with E-state index in [1.165, 1.54) is 26.7 Å². The lowest BCUT2D eigenvalue weighted by molar-refractivity contribution is -0.133. The van der Waals surface area contributed by atoms with E-state index in [4.69, 9.17) is 14.3 Å². The minimum absolute atomic E-state index is 0.154. The number of methoxy groups -OCH3 is 2. The molecule has 0 aliphatic rings. The smallest absolute Gasteiger partial charge is 0.341 e. The molecule has 0 fully saturated rings. The summed E-state index contributed by atoms with van der Waals surface area (Å²) in [6.07, 6.45) is 2.83. The quantitative estimate of drug-likeness (QED) is 0.275. The zero-order valence-corrected chi connectivity index (χ0v) is 14.0. The average Bonchev–Trinajstić information content (AvgIpc) is 2.63. The van der Waals surface area contributed by atoms with Gasteiger partial charge in [-0.3, -0.25) is 0 Å². The molecule has 0 atom stereocenters. The molecule has 130 valence electrons. The Morgan fingerprint density at radius 3 is 2.68 bits per heavy atom. The van der Waals surface area contributed by atoms with Gasteiger partial charge in [0.15, 0.2) is 0 Å². The van der Waals surface area contributed by atoms with Gasteiger partial charge in [-0.15, -0.1) is 0 Å². The maximum atomic E-state index is 11.9. The van der Waals surface area contributed by atoms with Crippen LogP contribution in [-0.4, -0.2) is 31.5 Å². The second-order valence-corrected chi connectivity index (χ2v) is 5.02. The van der Waals surface area contributed by atoms with E-state index in [9.17, 15) is 9.90 Å². The lowest BCUT2D eigenvalue weighted by Crippen LogP contribution is -2.07. The molecular formula is C19H19NO5. The van der Waals surface area contributed by atoms with Gasteiger partial charge in [0.05, 0.1) is 26.7 Å². The van der Waals surface area contributed by atoms with Gasteiger partial charge < -0.3 is 19.4 Å². The molecule has 6 heteroatoms. The van der Waals surface area contributed by atoms with Crippen LogP contribution in [-0.2, 0) is 25.7 Å². The minimum atomic E-state index is -0.502. The first-order valence-corrected chi connectivity index (χ1v) is 7.49. The number of carbonyl (C=O) groups excluding carboxylic acids is 1. The van der Waals surface area contributed by atoms with E-state index in [2.05, 4.69) is 5.16 Å². The second-order valence-electron chi connectivity index (χ2n) is 5.02. The van der Waals surface area contributed by atoms with Gasteiger partial charge in [0.1, 0.15) is 17.9 Å². The molecule has 0 saturated carbocycles. The molecule has 0 aliphatic carbocycles. The van der Waals surface area contributed by atoms with Crippen LogP contribution in [0.5, 0.6) is 5.75 Å². The van der Waals surface area contributed by atoms with E-state index in [1.54, 1.807) is 36.4 Å². The number of oxime groups is 1. The van der Waals surface area contributed by atoms with Gasteiger partial charge in [-0.25, -0.2) is 4.79 Å². The standard InChI is InChI=1S/C19H19NO5/c1-23-13-18(19(22)24-2)17-9-4-3-7-15(17)12-25-20-11-14-6-5-8-16(21)10-14/h3-11,13,21H,12H2,1-2H3. The minimum Gasteiger partial charge on any atom is -0.508 e. The van der Waals surface area contributed by atoms with Gasteiger partial charge in [0.2, 0.25) is 0 Å². The van der Waals surface area contributed by atoms with Crippen molar-refractivity contribution in [3.8, 4) is 5.75 Å². The number of esters is 1. The van der Waals surface area contributed by atoms with Crippen molar-refractivity contribution >= 4 is 17.8 Å². The van der Waals surface area contributed by atoms with Crippen molar-refractivity contribution in [1.82, 2.24) is 0 Å². The number of phenolic OH excluding ortho intramolecular Hbond substituents is 1. The van der Waals surface area contributed by atoms with E-state index in [0.717, 1.165) is 5.56 Å². The summed E-state index contributed by atoms with van der Waals surface area (Å²) in [5, 5.41) is 13.3. The average molecular weight is 341 g/mol. The van der Waals surface area contributed by atoms with Crippen LogP contribution in [0, 0.1) is 0 Å². The van der Waals surface area contributed by atoms with Gasteiger partial charge in [-0.1, -0.05) is 41.6 Å². The predicted octanol–water partition coefficient (Wildman–Crippen LogP) is 3.10. The van der Waals surface area contributed by atoms with Gasteiger partial charge in [0, 0.05) is 5.56 Å². The third-order valence-electron chi connectivity index (χ3n) is 3.32. The summed E-state index contributed by atoms with van der Waals surface area (Å²) in [6, 6.07) is 13.9. The normalized spacial score (nSPS) is 11.4. The number of hydrogen-bond donors (Lipinski definition) is 1. The van der Waals surface area contributed by atoms with Crippen molar-refractivity contribution in [2.24, 2.45) is 5.16 Å². The number of rotatable bonds is 7. The van der Waals surface area contributed by atoms with Crippen LogP contribution in [0.3, 0.4) is 0 Å². The van der Waals surface area contributed by atoms with Gasteiger partial charge >= 0.3 is 5.97 Å². The Kier molecular flexibility index (Phi) is 6.59. The molecule has 0 bridgehead atoms. The lowest BCUT2D eigenvalue weighted by Gasteiger charge is -2.10. The molecule has 0 spiro atoms. The fourth-order valence-corrected chi connectivity index (χ4v) is 2.17. The Labute approximate surface area is 145 Å². The summed E-state index contributed by atoms with van der Waals surface area (Å²) in [5.74, 6) is -0.348. The van der Waals surface area contributed by atoms with E-state index < -0.39 is 5.97 Å².